The molecule has 3 rings (SSSR count). The highest BCUT2D eigenvalue weighted by Gasteiger charge is 2.28. The summed E-state index contributed by atoms with van der Waals surface area (Å²) >= 11 is 8.45. The molecule has 1 fully saturated rings. The van der Waals surface area contributed by atoms with Crippen molar-refractivity contribution in [2.24, 2.45) is 0 Å². The first kappa shape index (κ1) is 22.7. The van der Waals surface area contributed by atoms with Crippen molar-refractivity contribution >= 4 is 46.6 Å². The molecule has 1 aromatic heterocycles. The van der Waals surface area contributed by atoms with Gasteiger partial charge in [-0.25, -0.2) is 14.2 Å². The van der Waals surface area contributed by atoms with Gasteiger partial charge in [-0.2, -0.15) is 0 Å². The van der Waals surface area contributed by atoms with E-state index in [0.29, 0.717) is 35.9 Å². The molecule has 0 bridgehead atoms. The Hall–Kier alpha value is -1.94. The molecule has 0 spiro atoms. The van der Waals surface area contributed by atoms with Gasteiger partial charge in [0.1, 0.15) is 5.82 Å². The molecule has 1 aliphatic rings. The molecule has 30 heavy (non-hydrogen) atoms. The number of carbonyl (C=O) groups excluding carboxylic acids is 1. The molecule has 1 saturated heterocycles. The van der Waals surface area contributed by atoms with Gasteiger partial charge >= 0.3 is 5.97 Å². The summed E-state index contributed by atoms with van der Waals surface area (Å²) in [5.41, 5.74) is 0.746. The highest BCUT2D eigenvalue weighted by molar-refractivity contribution is 8.01. The normalized spacial score (nSPS) is 17.8. The van der Waals surface area contributed by atoms with Crippen LogP contribution in [0.25, 0.3) is 0 Å². The van der Waals surface area contributed by atoms with Gasteiger partial charge in [-0.05, 0) is 24.1 Å². The lowest BCUT2D eigenvalue weighted by Gasteiger charge is -2.22. The number of aliphatic hydroxyl groups excluding tert-OH is 1. The first-order valence-electron chi connectivity index (χ1n) is 9.25. The van der Waals surface area contributed by atoms with Crippen LogP contribution in [0.15, 0.2) is 40.1 Å². The van der Waals surface area contributed by atoms with E-state index in [1.807, 2.05) is 6.08 Å². The van der Waals surface area contributed by atoms with Gasteiger partial charge in [-0.3, -0.25) is 4.79 Å². The number of halogens is 2. The Morgan fingerprint density at radius 1 is 1.50 bits per heavy atom. The summed E-state index contributed by atoms with van der Waals surface area (Å²) in [5, 5.41) is 20.7. The van der Waals surface area contributed by atoms with E-state index in [1.165, 1.54) is 40.6 Å². The number of thiazole rings is 1. The van der Waals surface area contributed by atoms with Crippen LogP contribution in [0.1, 0.15) is 28.9 Å². The van der Waals surface area contributed by atoms with E-state index in [0.717, 1.165) is 5.56 Å². The molecule has 2 aromatic rings. The molecule has 1 aromatic carbocycles. The van der Waals surface area contributed by atoms with Crippen LogP contribution in [-0.4, -0.2) is 56.4 Å². The Morgan fingerprint density at radius 3 is 3.00 bits per heavy atom. The largest absolute Gasteiger partial charge is 0.476 e. The number of rotatable bonds is 9. The van der Waals surface area contributed by atoms with Crippen molar-refractivity contribution in [2.45, 2.75) is 35.7 Å². The van der Waals surface area contributed by atoms with E-state index in [4.69, 9.17) is 16.7 Å². The second-order valence-corrected chi connectivity index (χ2v) is 9.36. The quantitative estimate of drug-likeness (QED) is 0.427. The van der Waals surface area contributed by atoms with Gasteiger partial charge in [0.2, 0.25) is 5.91 Å². The van der Waals surface area contributed by atoms with Crippen molar-refractivity contribution in [1.82, 2.24) is 9.88 Å². The summed E-state index contributed by atoms with van der Waals surface area (Å²) in [4.78, 5) is 28.9. The molecule has 2 N–H and O–H groups in total. The number of hydrogen-bond acceptors (Lipinski definition) is 6. The van der Waals surface area contributed by atoms with E-state index in [-0.39, 0.29) is 22.7 Å². The van der Waals surface area contributed by atoms with Crippen molar-refractivity contribution in [1.29, 1.82) is 0 Å². The highest BCUT2D eigenvalue weighted by atomic mass is 35.5. The molecule has 10 heteroatoms. The van der Waals surface area contributed by atoms with Gasteiger partial charge in [-0.15, -0.1) is 11.3 Å². The number of likely N-dealkylation sites (tertiary alicyclic amines) is 1. The molecule has 1 aliphatic heterocycles. The van der Waals surface area contributed by atoms with Crippen LogP contribution in [0.3, 0.4) is 0 Å². The van der Waals surface area contributed by atoms with Gasteiger partial charge < -0.3 is 15.1 Å². The van der Waals surface area contributed by atoms with Gasteiger partial charge in [0.05, 0.1) is 17.2 Å². The lowest BCUT2D eigenvalue weighted by atomic mass is 10.1. The molecule has 160 valence electrons. The summed E-state index contributed by atoms with van der Waals surface area (Å²) in [7, 11) is 0. The van der Waals surface area contributed by atoms with Crippen molar-refractivity contribution in [3.63, 3.8) is 0 Å². The molecule has 0 saturated carbocycles. The number of aromatic nitrogens is 1. The summed E-state index contributed by atoms with van der Waals surface area (Å²) in [6.45, 7) is 0.504. The van der Waals surface area contributed by atoms with Crippen molar-refractivity contribution in [3.05, 3.63) is 57.8 Å². The topological polar surface area (TPSA) is 90.7 Å². The molecule has 6 nitrogen and oxygen atoms in total. The smallest absolute Gasteiger partial charge is 0.355 e. The summed E-state index contributed by atoms with van der Waals surface area (Å²) in [6.07, 6.45) is 4.13. The number of benzene rings is 1. The minimum atomic E-state index is -1.06. The standard InChI is InChI=1S/C20H20ClFN2O4S2/c21-15-10-12(1-5-16(15)22)9-14(25)4-2-13-3-6-18(26)24(13)7-8-29-20-23-17(11-30-20)19(27)28/h1-2,4-5,10-11,13-14,25H,3,6-9H2,(H,27,28)/b4-2+/t13-,14+/m0/s1. The van der Waals surface area contributed by atoms with Crippen LogP contribution in [-0.2, 0) is 11.2 Å². The van der Waals surface area contributed by atoms with Crippen LogP contribution in [0.2, 0.25) is 5.02 Å². The maximum atomic E-state index is 13.2. The Morgan fingerprint density at radius 2 is 2.30 bits per heavy atom. The number of carboxylic acids is 1. The molecular weight excluding hydrogens is 451 g/mol. The van der Waals surface area contributed by atoms with Gasteiger partial charge in [0, 0.05) is 30.5 Å². The van der Waals surface area contributed by atoms with E-state index >= 15 is 0 Å². The molecular formula is C20H20ClFN2O4S2. The number of aliphatic hydroxyl groups is 1. The Balaban J connectivity index is 1.51. The summed E-state index contributed by atoms with van der Waals surface area (Å²) in [6, 6.07) is 4.24. The minimum absolute atomic E-state index is 0.0180. The third-order valence-electron chi connectivity index (χ3n) is 4.62. The average Bonchev–Trinajstić information content (AvgIpc) is 3.31. The fourth-order valence-electron chi connectivity index (χ4n) is 3.13. The highest BCUT2D eigenvalue weighted by Crippen LogP contribution is 2.25. The van der Waals surface area contributed by atoms with Gasteiger partial charge in [0.25, 0.3) is 0 Å². The Bertz CT molecular complexity index is 953. The lowest BCUT2D eigenvalue weighted by Crippen LogP contribution is -2.33. The Kier molecular flexibility index (Phi) is 7.87. The maximum absolute atomic E-state index is 13.2. The number of thioether (sulfide) groups is 1. The number of carbonyl (C=O) groups is 2. The zero-order chi connectivity index (χ0) is 21.7. The van der Waals surface area contributed by atoms with E-state index < -0.39 is 17.9 Å². The van der Waals surface area contributed by atoms with Crippen molar-refractivity contribution < 1.29 is 24.2 Å². The fraction of sp³-hybridized carbons (Fsp3) is 0.350. The van der Waals surface area contributed by atoms with Crippen LogP contribution in [0, 0.1) is 5.82 Å². The fourth-order valence-corrected chi connectivity index (χ4v) is 5.14. The third kappa shape index (κ3) is 6.04. The molecule has 2 atom stereocenters. The van der Waals surface area contributed by atoms with Crippen molar-refractivity contribution in [3.8, 4) is 0 Å². The summed E-state index contributed by atoms with van der Waals surface area (Å²) < 4.78 is 13.9. The van der Waals surface area contributed by atoms with Gasteiger partial charge in [-0.1, -0.05) is 41.6 Å². The average molecular weight is 471 g/mol. The van der Waals surface area contributed by atoms with Crippen LogP contribution in [0.5, 0.6) is 0 Å². The predicted molar refractivity (Wildman–Crippen MR) is 115 cm³/mol. The minimum Gasteiger partial charge on any atom is -0.476 e. The molecule has 0 unspecified atom stereocenters. The second-order valence-electron chi connectivity index (χ2n) is 6.75. The molecule has 0 aliphatic carbocycles. The SMILES string of the molecule is O=C(O)c1csc(SCCN2C(=O)CC[C@@H]2/C=C/[C@@H](O)Cc2ccc(F)c(Cl)c2)n1. The van der Waals surface area contributed by atoms with Crippen LogP contribution in [0.4, 0.5) is 4.39 Å². The molecule has 2 heterocycles. The van der Waals surface area contributed by atoms with Crippen LogP contribution >= 0.6 is 34.7 Å². The predicted octanol–water partition coefficient (Wildman–Crippen LogP) is 3.88. The zero-order valence-corrected chi connectivity index (χ0v) is 18.2. The van der Waals surface area contributed by atoms with Gasteiger partial charge in [0.15, 0.2) is 10.0 Å². The first-order valence-corrected chi connectivity index (χ1v) is 11.5. The number of amides is 1. The molecule has 0 radical (unpaired) electrons. The lowest BCUT2D eigenvalue weighted by molar-refractivity contribution is -0.128. The first-order chi connectivity index (χ1) is 14.3. The monoisotopic (exact) mass is 470 g/mol. The van der Waals surface area contributed by atoms with Crippen LogP contribution < -0.4 is 0 Å². The summed E-state index contributed by atoms with van der Waals surface area (Å²) in [5.74, 6) is -0.908. The van der Waals surface area contributed by atoms with E-state index in [1.54, 1.807) is 17.0 Å². The number of nitrogens with zero attached hydrogens (tertiary/aromatic N) is 2. The molecule has 1 amide bonds. The second kappa shape index (κ2) is 10.4. The Labute approximate surface area is 186 Å². The zero-order valence-electron chi connectivity index (χ0n) is 15.8. The van der Waals surface area contributed by atoms with E-state index in [9.17, 15) is 19.1 Å². The maximum Gasteiger partial charge on any atom is 0.355 e. The third-order valence-corrected chi connectivity index (χ3v) is 6.91. The number of carboxylic acid groups (broad SMARTS) is 1. The van der Waals surface area contributed by atoms with Crippen molar-refractivity contribution in [2.75, 3.05) is 12.3 Å². The number of hydrogen-bond donors (Lipinski definition) is 2. The number of aromatic carboxylic acids is 1. The van der Waals surface area contributed by atoms with E-state index in [2.05, 4.69) is 4.98 Å².